The number of ether oxygens (including phenoxy) is 1. The third-order valence-electron chi connectivity index (χ3n) is 4.47. The Hall–Kier alpha value is -1.57. The average molecular weight is 242 g/mol. The molecule has 2 aliphatic rings. The van der Waals surface area contributed by atoms with Gasteiger partial charge in [-0.1, -0.05) is 43.3 Å². The highest BCUT2D eigenvalue weighted by Gasteiger charge is 2.50. The van der Waals surface area contributed by atoms with Gasteiger partial charge in [0.15, 0.2) is 0 Å². The average Bonchev–Trinajstić information content (AvgIpc) is 2.69. The van der Waals surface area contributed by atoms with Gasteiger partial charge in [-0.3, -0.25) is 4.79 Å². The molecule has 0 N–H and O–H groups in total. The second kappa shape index (κ2) is 4.27. The van der Waals surface area contributed by atoms with Gasteiger partial charge in [0.05, 0.1) is 5.41 Å². The van der Waals surface area contributed by atoms with E-state index in [-0.39, 0.29) is 5.97 Å². The van der Waals surface area contributed by atoms with E-state index in [0.717, 1.165) is 31.3 Å². The Morgan fingerprint density at radius 2 is 2.06 bits per heavy atom. The number of hydrogen-bond acceptors (Lipinski definition) is 2. The van der Waals surface area contributed by atoms with E-state index >= 15 is 0 Å². The summed E-state index contributed by atoms with van der Waals surface area (Å²) in [6.07, 6.45) is 4.02. The van der Waals surface area contributed by atoms with Crippen LogP contribution in [0.4, 0.5) is 0 Å². The summed E-state index contributed by atoms with van der Waals surface area (Å²) in [6, 6.07) is 10.5. The number of hydrogen-bond donors (Lipinski definition) is 0. The molecule has 18 heavy (non-hydrogen) atoms. The summed E-state index contributed by atoms with van der Waals surface area (Å²) in [5.74, 6) is 0.412. The van der Waals surface area contributed by atoms with E-state index in [1.807, 2.05) is 6.07 Å². The first-order chi connectivity index (χ1) is 8.72. The number of esters is 1. The Balaban J connectivity index is 1.89. The molecule has 1 aromatic carbocycles. The first-order valence-corrected chi connectivity index (χ1v) is 6.63. The molecular weight excluding hydrogens is 224 g/mol. The summed E-state index contributed by atoms with van der Waals surface area (Å²) in [5, 5.41) is 0. The third kappa shape index (κ3) is 1.67. The van der Waals surface area contributed by atoms with Crippen molar-refractivity contribution in [3.63, 3.8) is 0 Å². The van der Waals surface area contributed by atoms with Crippen molar-refractivity contribution in [3.05, 3.63) is 48.0 Å². The van der Waals surface area contributed by atoms with Crippen LogP contribution in [0.15, 0.2) is 42.5 Å². The van der Waals surface area contributed by atoms with Gasteiger partial charge in [-0.2, -0.15) is 0 Å². The molecule has 2 unspecified atom stereocenters. The lowest BCUT2D eigenvalue weighted by Gasteiger charge is -2.35. The van der Waals surface area contributed by atoms with Crippen LogP contribution in [0.25, 0.3) is 0 Å². The fourth-order valence-corrected chi connectivity index (χ4v) is 3.36. The van der Waals surface area contributed by atoms with E-state index in [0.29, 0.717) is 12.5 Å². The number of carbonyl (C=O) groups is 1. The Morgan fingerprint density at radius 3 is 2.72 bits per heavy atom. The zero-order chi connectivity index (χ0) is 12.6. The molecule has 2 atom stereocenters. The molecule has 1 aliphatic carbocycles. The van der Waals surface area contributed by atoms with Gasteiger partial charge in [-0.25, -0.2) is 0 Å². The van der Waals surface area contributed by atoms with Crippen LogP contribution in [0, 0.1) is 5.41 Å². The maximum atomic E-state index is 12.1. The molecule has 3 rings (SSSR count). The normalized spacial score (nSPS) is 31.7. The molecule has 0 radical (unpaired) electrons. The van der Waals surface area contributed by atoms with Gasteiger partial charge in [0.1, 0.15) is 6.61 Å². The predicted octanol–water partition coefficient (Wildman–Crippen LogP) is 3.44. The highest BCUT2D eigenvalue weighted by molar-refractivity contribution is 5.83. The first kappa shape index (κ1) is 11.5. The summed E-state index contributed by atoms with van der Waals surface area (Å²) in [5.41, 5.74) is 1.93. The Kier molecular flexibility index (Phi) is 2.73. The third-order valence-corrected chi connectivity index (χ3v) is 4.47. The Bertz CT molecular complexity index is 459. The van der Waals surface area contributed by atoms with Crippen LogP contribution < -0.4 is 0 Å². The predicted molar refractivity (Wildman–Crippen MR) is 70.2 cm³/mol. The molecular formula is C16H18O2. The molecule has 1 aliphatic heterocycles. The largest absolute Gasteiger partial charge is 0.460 e. The summed E-state index contributed by atoms with van der Waals surface area (Å²) in [4.78, 5) is 12.1. The smallest absolute Gasteiger partial charge is 0.316 e. The SMILES string of the molecule is C=C1COC(=O)C12CCCC(c1ccccc1)C2. The zero-order valence-electron chi connectivity index (χ0n) is 10.5. The molecule has 2 fully saturated rings. The summed E-state index contributed by atoms with van der Waals surface area (Å²) in [7, 11) is 0. The van der Waals surface area contributed by atoms with Gasteiger partial charge >= 0.3 is 5.97 Å². The number of benzene rings is 1. The molecule has 1 spiro atoms. The molecule has 0 bridgehead atoms. The van der Waals surface area contributed by atoms with Crippen molar-refractivity contribution in [1.29, 1.82) is 0 Å². The van der Waals surface area contributed by atoms with Crippen molar-refractivity contribution in [2.75, 3.05) is 6.61 Å². The number of cyclic esters (lactones) is 1. The van der Waals surface area contributed by atoms with Crippen LogP contribution in [-0.2, 0) is 9.53 Å². The fraction of sp³-hybridized carbons (Fsp3) is 0.438. The second-order valence-corrected chi connectivity index (χ2v) is 5.47. The topological polar surface area (TPSA) is 26.3 Å². The molecule has 2 heteroatoms. The summed E-state index contributed by atoms with van der Waals surface area (Å²) >= 11 is 0. The monoisotopic (exact) mass is 242 g/mol. The minimum atomic E-state index is -0.390. The van der Waals surface area contributed by atoms with Gasteiger partial charge in [0, 0.05) is 0 Å². The second-order valence-electron chi connectivity index (χ2n) is 5.47. The van der Waals surface area contributed by atoms with E-state index in [1.54, 1.807) is 0 Å². The van der Waals surface area contributed by atoms with Crippen molar-refractivity contribution >= 4 is 5.97 Å². The molecule has 0 aromatic heterocycles. The van der Waals surface area contributed by atoms with E-state index in [4.69, 9.17) is 4.74 Å². The van der Waals surface area contributed by atoms with Gasteiger partial charge in [-0.05, 0) is 36.3 Å². The quantitative estimate of drug-likeness (QED) is 0.557. The first-order valence-electron chi connectivity index (χ1n) is 6.63. The maximum Gasteiger partial charge on any atom is 0.316 e. The van der Waals surface area contributed by atoms with Crippen molar-refractivity contribution in [1.82, 2.24) is 0 Å². The van der Waals surface area contributed by atoms with E-state index < -0.39 is 5.41 Å². The molecule has 1 saturated heterocycles. The maximum absolute atomic E-state index is 12.1. The van der Waals surface area contributed by atoms with Crippen molar-refractivity contribution in [2.24, 2.45) is 5.41 Å². The Morgan fingerprint density at radius 1 is 1.28 bits per heavy atom. The van der Waals surface area contributed by atoms with Crippen LogP contribution in [0.2, 0.25) is 0 Å². The van der Waals surface area contributed by atoms with Crippen LogP contribution in [0.5, 0.6) is 0 Å². The van der Waals surface area contributed by atoms with Gasteiger partial charge in [0.25, 0.3) is 0 Å². The highest BCUT2D eigenvalue weighted by atomic mass is 16.5. The molecule has 2 nitrogen and oxygen atoms in total. The van der Waals surface area contributed by atoms with Gasteiger partial charge in [-0.15, -0.1) is 0 Å². The lowest BCUT2D eigenvalue weighted by molar-refractivity contribution is -0.147. The summed E-state index contributed by atoms with van der Waals surface area (Å²) < 4.78 is 5.20. The molecule has 1 saturated carbocycles. The minimum absolute atomic E-state index is 0.0480. The van der Waals surface area contributed by atoms with Crippen LogP contribution in [0.3, 0.4) is 0 Å². The van der Waals surface area contributed by atoms with Crippen molar-refractivity contribution < 1.29 is 9.53 Å². The molecule has 1 heterocycles. The molecule has 94 valence electrons. The molecule has 0 amide bonds. The summed E-state index contributed by atoms with van der Waals surface area (Å²) in [6.45, 7) is 4.48. The molecule has 1 aromatic rings. The zero-order valence-corrected chi connectivity index (χ0v) is 10.5. The lowest BCUT2D eigenvalue weighted by Crippen LogP contribution is -2.33. The van der Waals surface area contributed by atoms with Crippen LogP contribution in [-0.4, -0.2) is 12.6 Å². The van der Waals surface area contributed by atoms with Crippen LogP contribution >= 0.6 is 0 Å². The van der Waals surface area contributed by atoms with Crippen molar-refractivity contribution in [3.8, 4) is 0 Å². The van der Waals surface area contributed by atoms with Crippen LogP contribution in [0.1, 0.15) is 37.2 Å². The minimum Gasteiger partial charge on any atom is -0.460 e. The van der Waals surface area contributed by atoms with Crippen molar-refractivity contribution in [2.45, 2.75) is 31.6 Å². The van der Waals surface area contributed by atoms with E-state index in [1.165, 1.54) is 5.56 Å². The number of rotatable bonds is 1. The van der Waals surface area contributed by atoms with E-state index in [2.05, 4.69) is 30.8 Å². The van der Waals surface area contributed by atoms with E-state index in [9.17, 15) is 4.79 Å². The van der Waals surface area contributed by atoms with Gasteiger partial charge < -0.3 is 4.74 Å². The van der Waals surface area contributed by atoms with Gasteiger partial charge in [0.2, 0.25) is 0 Å². The Labute approximate surface area is 108 Å². The number of carbonyl (C=O) groups excluding carboxylic acids is 1. The highest BCUT2D eigenvalue weighted by Crippen LogP contribution is 2.51. The standard InChI is InChI=1S/C16H18O2/c1-12-11-18-15(17)16(12)9-5-8-14(10-16)13-6-3-2-4-7-13/h2-4,6-7,14H,1,5,8-11H2. The lowest BCUT2D eigenvalue weighted by atomic mass is 9.65. The fourth-order valence-electron chi connectivity index (χ4n) is 3.36.